The molecule has 0 aliphatic rings. The van der Waals surface area contributed by atoms with Crippen molar-refractivity contribution in [1.29, 1.82) is 0 Å². The maximum atomic E-state index is 5.30. The Morgan fingerprint density at radius 3 is 2.50 bits per heavy atom. The van der Waals surface area contributed by atoms with Crippen molar-refractivity contribution in [2.45, 2.75) is 59.7 Å². The molecule has 1 aromatic rings. The summed E-state index contributed by atoms with van der Waals surface area (Å²) in [4.78, 5) is 7.04. The minimum Gasteiger partial charge on any atom is -0.467 e. The summed E-state index contributed by atoms with van der Waals surface area (Å²) in [6.07, 6.45) is 2.78. The molecular formula is C17H32N4O. The molecular weight excluding hydrogens is 276 g/mol. The normalized spacial score (nSPS) is 12.5. The van der Waals surface area contributed by atoms with Gasteiger partial charge in [0.2, 0.25) is 0 Å². The molecule has 0 unspecified atom stereocenters. The van der Waals surface area contributed by atoms with E-state index in [0.29, 0.717) is 18.6 Å². The molecule has 0 aromatic carbocycles. The Bertz CT molecular complexity index is 404. The molecule has 1 rings (SSSR count). The van der Waals surface area contributed by atoms with Crippen molar-refractivity contribution in [3.63, 3.8) is 0 Å². The molecule has 0 saturated carbocycles. The van der Waals surface area contributed by atoms with E-state index in [4.69, 9.17) is 4.42 Å². The molecule has 0 spiro atoms. The Hall–Kier alpha value is -1.49. The molecule has 126 valence electrons. The summed E-state index contributed by atoms with van der Waals surface area (Å²) in [6.45, 7) is 14.5. The first-order valence-electron chi connectivity index (χ1n) is 8.34. The largest absolute Gasteiger partial charge is 0.467 e. The Kier molecular flexibility index (Phi) is 8.67. The lowest BCUT2D eigenvalue weighted by Gasteiger charge is -2.30. The first kappa shape index (κ1) is 18.6. The number of furan rings is 1. The maximum absolute atomic E-state index is 5.30. The van der Waals surface area contributed by atoms with Crippen LogP contribution >= 0.6 is 0 Å². The molecule has 0 atom stereocenters. The Morgan fingerprint density at radius 1 is 1.23 bits per heavy atom. The van der Waals surface area contributed by atoms with E-state index in [-0.39, 0.29) is 0 Å². The van der Waals surface area contributed by atoms with Crippen LogP contribution in [0.15, 0.2) is 27.8 Å². The number of nitrogens with zero attached hydrogens (tertiary/aromatic N) is 2. The molecule has 22 heavy (non-hydrogen) atoms. The average molecular weight is 308 g/mol. The highest BCUT2D eigenvalue weighted by Crippen LogP contribution is 2.05. The first-order valence-corrected chi connectivity index (χ1v) is 8.34. The van der Waals surface area contributed by atoms with Gasteiger partial charge in [-0.05, 0) is 53.2 Å². The number of nitrogens with one attached hydrogen (secondary N) is 2. The van der Waals surface area contributed by atoms with Crippen molar-refractivity contribution < 1.29 is 4.42 Å². The van der Waals surface area contributed by atoms with Gasteiger partial charge in [-0.2, -0.15) is 0 Å². The number of hydrogen-bond donors (Lipinski definition) is 2. The second kappa shape index (κ2) is 10.3. The van der Waals surface area contributed by atoms with E-state index in [9.17, 15) is 0 Å². The summed E-state index contributed by atoms with van der Waals surface area (Å²) in [7, 11) is 0. The minimum absolute atomic E-state index is 0.562. The molecule has 0 radical (unpaired) electrons. The standard InChI is InChI=1S/C17H32N4O/c1-6-18-17(20-13-16-9-7-12-22-16)19-10-8-11-21(14(2)3)15(4)5/h7,9,12,14-15H,6,8,10-11,13H2,1-5H3,(H2,18,19,20). The fourth-order valence-electron chi connectivity index (χ4n) is 2.48. The van der Waals surface area contributed by atoms with Crippen molar-refractivity contribution in [3.05, 3.63) is 24.2 Å². The lowest BCUT2D eigenvalue weighted by atomic mass is 10.2. The minimum atomic E-state index is 0.562. The summed E-state index contributed by atoms with van der Waals surface area (Å²) in [5.74, 6) is 1.72. The van der Waals surface area contributed by atoms with Gasteiger partial charge >= 0.3 is 0 Å². The fraction of sp³-hybridized carbons (Fsp3) is 0.706. The zero-order valence-corrected chi connectivity index (χ0v) is 14.7. The van der Waals surface area contributed by atoms with Gasteiger partial charge < -0.3 is 15.1 Å². The summed E-state index contributed by atoms with van der Waals surface area (Å²) in [5, 5.41) is 6.65. The summed E-state index contributed by atoms with van der Waals surface area (Å²) >= 11 is 0. The summed E-state index contributed by atoms with van der Waals surface area (Å²) in [5.41, 5.74) is 0. The molecule has 5 nitrogen and oxygen atoms in total. The predicted octanol–water partition coefficient (Wildman–Crippen LogP) is 2.84. The Labute approximate surface area is 135 Å². The van der Waals surface area contributed by atoms with E-state index in [1.807, 2.05) is 12.1 Å². The highest BCUT2D eigenvalue weighted by molar-refractivity contribution is 5.79. The number of guanidine groups is 1. The molecule has 0 amide bonds. The van der Waals surface area contributed by atoms with Crippen LogP contribution in [0.2, 0.25) is 0 Å². The highest BCUT2D eigenvalue weighted by atomic mass is 16.3. The van der Waals surface area contributed by atoms with E-state index in [0.717, 1.165) is 37.8 Å². The third-order valence-electron chi connectivity index (χ3n) is 3.53. The average Bonchev–Trinajstić information content (AvgIpc) is 2.96. The molecule has 1 aromatic heterocycles. The Balaban J connectivity index is 2.36. The molecule has 0 aliphatic heterocycles. The molecule has 0 saturated heterocycles. The van der Waals surface area contributed by atoms with Gasteiger partial charge in [0.05, 0.1) is 6.26 Å². The van der Waals surface area contributed by atoms with Gasteiger partial charge in [-0.25, -0.2) is 4.99 Å². The number of aliphatic imine (C=N–C) groups is 1. The molecule has 0 aliphatic carbocycles. The van der Waals surface area contributed by atoms with Gasteiger partial charge in [0.1, 0.15) is 12.3 Å². The van der Waals surface area contributed by atoms with Crippen LogP contribution in [-0.4, -0.2) is 42.6 Å². The van der Waals surface area contributed by atoms with E-state index < -0.39 is 0 Å². The molecule has 2 N–H and O–H groups in total. The lowest BCUT2D eigenvalue weighted by molar-refractivity contribution is 0.173. The van der Waals surface area contributed by atoms with Gasteiger partial charge in [0.15, 0.2) is 5.96 Å². The quantitative estimate of drug-likeness (QED) is 0.418. The van der Waals surface area contributed by atoms with Gasteiger partial charge in [-0.3, -0.25) is 4.90 Å². The SMILES string of the molecule is CCNC(=NCc1ccco1)NCCCN(C(C)C)C(C)C. The van der Waals surface area contributed by atoms with Crippen LogP contribution in [0.5, 0.6) is 0 Å². The topological polar surface area (TPSA) is 52.8 Å². The zero-order valence-electron chi connectivity index (χ0n) is 14.7. The van der Waals surface area contributed by atoms with Gasteiger partial charge in [0.25, 0.3) is 0 Å². The van der Waals surface area contributed by atoms with Crippen molar-refractivity contribution in [1.82, 2.24) is 15.5 Å². The summed E-state index contributed by atoms with van der Waals surface area (Å²) < 4.78 is 5.30. The van der Waals surface area contributed by atoms with Crippen molar-refractivity contribution in [3.8, 4) is 0 Å². The van der Waals surface area contributed by atoms with Crippen molar-refractivity contribution in [2.24, 2.45) is 4.99 Å². The lowest BCUT2D eigenvalue weighted by Crippen LogP contribution is -2.41. The van der Waals surface area contributed by atoms with E-state index in [1.165, 1.54) is 0 Å². The second-order valence-corrected chi connectivity index (χ2v) is 5.98. The van der Waals surface area contributed by atoms with E-state index >= 15 is 0 Å². The summed E-state index contributed by atoms with van der Waals surface area (Å²) in [6, 6.07) is 5.00. The van der Waals surface area contributed by atoms with E-state index in [2.05, 4.69) is 55.1 Å². The second-order valence-electron chi connectivity index (χ2n) is 5.98. The van der Waals surface area contributed by atoms with Crippen molar-refractivity contribution >= 4 is 5.96 Å². The van der Waals surface area contributed by atoms with Crippen LogP contribution < -0.4 is 10.6 Å². The molecule has 5 heteroatoms. The zero-order chi connectivity index (χ0) is 16.4. The number of hydrogen-bond acceptors (Lipinski definition) is 3. The van der Waals surface area contributed by atoms with Crippen LogP contribution in [0.4, 0.5) is 0 Å². The highest BCUT2D eigenvalue weighted by Gasteiger charge is 2.12. The predicted molar refractivity (Wildman–Crippen MR) is 93.1 cm³/mol. The van der Waals surface area contributed by atoms with Gasteiger partial charge in [-0.1, -0.05) is 0 Å². The van der Waals surface area contributed by atoms with Crippen LogP contribution in [0.1, 0.15) is 46.8 Å². The molecule has 0 bridgehead atoms. The van der Waals surface area contributed by atoms with Crippen molar-refractivity contribution in [2.75, 3.05) is 19.6 Å². The maximum Gasteiger partial charge on any atom is 0.191 e. The van der Waals surface area contributed by atoms with Crippen LogP contribution in [0, 0.1) is 0 Å². The van der Waals surface area contributed by atoms with E-state index in [1.54, 1.807) is 6.26 Å². The van der Waals surface area contributed by atoms with Crippen LogP contribution in [-0.2, 0) is 6.54 Å². The third-order valence-corrected chi connectivity index (χ3v) is 3.53. The fourth-order valence-corrected chi connectivity index (χ4v) is 2.48. The monoisotopic (exact) mass is 308 g/mol. The van der Waals surface area contributed by atoms with Crippen LogP contribution in [0.3, 0.4) is 0 Å². The molecule has 1 heterocycles. The van der Waals surface area contributed by atoms with Gasteiger partial charge in [-0.15, -0.1) is 0 Å². The van der Waals surface area contributed by atoms with Gasteiger partial charge in [0, 0.05) is 31.7 Å². The third kappa shape index (κ3) is 6.98. The Morgan fingerprint density at radius 2 is 1.95 bits per heavy atom. The smallest absolute Gasteiger partial charge is 0.191 e. The van der Waals surface area contributed by atoms with Crippen LogP contribution in [0.25, 0.3) is 0 Å². The molecule has 0 fully saturated rings. The first-order chi connectivity index (χ1) is 10.5. The number of rotatable bonds is 9.